The second-order valence-corrected chi connectivity index (χ2v) is 8.56. The summed E-state index contributed by atoms with van der Waals surface area (Å²) in [6.45, 7) is 7.54. The Balaban J connectivity index is 1.30. The van der Waals surface area contributed by atoms with Gasteiger partial charge in [-0.3, -0.25) is 14.8 Å². The molecule has 5 heteroatoms. The first kappa shape index (κ1) is 22.5. The Morgan fingerprint density at radius 1 is 0.906 bits per heavy atom. The molecule has 1 saturated heterocycles. The van der Waals surface area contributed by atoms with E-state index in [4.69, 9.17) is 4.74 Å². The summed E-state index contributed by atoms with van der Waals surface area (Å²) < 4.78 is 5.91. The molecule has 0 amide bonds. The molecule has 0 bridgehead atoms. The van der Waals surface area contributed by atoms with Gasteiger partial charge in [0.15, 0.2) is 0 Å². The smallest absolute Gasteiger partial charge is 0.119 e. The fourth-order valence-corrected chi connectivity index (χ4v) is 4.32. The second kappa shape index (κ2) is 11.2. The van der Waals surface area contributed by atoms with E-state index in [0.717, 1.165) is 56.3 Å². The first-order valence-corrected chi connectivity index (χ1v) is 11.4. The molecular weight excluding hydrogens is 398 g/mol. The molecule has 5 nitrogen and oxygen atoms in total. The quantitative estimate of drug-likeness (QED) is 0.554. The highest BCUT2D eigenvalue weighted by Gasteiger charge is 2.27. The van der Waals surface area contributed by atoms with Crippen molar-refractivity contribution in [3.05, 3.63) is 95.3 Å². The molecule has 1 N–H and O–H groups in total. The number of aliphatic hydroxyl groups excluding tert-OH is 1. The second-order valence-electron chi connectivity index (χ2n) is 8.56. The molecule has 0 saturated carbocycles. The number of aliphatic hydroxyl groups is 1. The van der Waals surface area contributed by atoms with Crippen LogP contribution in [0.3, 0.4) is 0 Å². The van der Waals surface area contributed by atoms with E-state index in [1.807, 2.05) is 31.2 Å². The van der Waals surface area contributed by atoms with Crippen molar-refractivity contribution in [2.24, 2.45) is 0 Å². The number of benzene rings is 2. The maximum atomic E-state index is 9.61. The fraction of sp³-hybridized carbons (Fsp3) is 0.370. The largest absolute Gasteiger partial charge is 0.489 e. The van der Waals surface area contributed by atoms with Crippen LogP contribution in [0, 0.1) is 6.92 Å². The van der Waals surface area contributed by atoms with E-state index in [-0.39, 0.29) is 6.61 Å². The van der Waals surface area contributed by atoms with Crippen molar-refractivity contribution < 1.29 is 9.84 Å². The minimum atomic E-state index is 0.212. The molecule has 168 valence electrons. The van der Waals surface area contributed by atoms with E-state index in [1.165, 1.54) is 11.1 Å². The van der Waals surface area contributed by atoms with Crippen molar-refractivity contribution in [2.45, 2.75) is 39.1 Å². The van der Waals surface area contributed by atoms with Crippen LogP contribution in [0.5, 0.6) is 5.75 Å². The summed E-state index contributed by atoms with van der Waals surface area (Å²) in [5.74, 6) is 0.895. The number of hydrogen-bond donors (Lipinski definition) is 1. The first-order chi connectivity index (χ1) is 15.7. The maximum Gasteiger partial charge on any atom is 0.119 e. The van der Waals surface area contributed by atoms with Crippen LogP contribution in [-0.4, -0.2) is 52.2 Å². The molecule has 2 aromatic carbocycles. The van der Waals surface area contributed by atoms with Crippen LogP contribution in [0.1, 0.15) is 28.9 Å². The van der Waals surface area contributed by atoms with Gasteiger partial charge < -0.3 is 9.84 Å². The maximum absolute atomic E-state index is 9.61. The molecule has 4 rings (SSSR count). The Bertz CT molecular complexity index is 962. The number of piperazine rings is 1. The lowest BCUT2D eigenvalue weighted by Crippen LogP contribution is -2.52. The lowest BCUT2D eigenvalue weighted by molar-refractivity contribution is 0.0491. The predicted octanol–water partition coefficient (Wildman–Crippen LogP) is 4.04. The summed E-state index contributed by atoms with van der Waals surface area (Å²) in [7, 11) is 0. The summed E-state index contributed by atoms with van der Waals surface area (Å²) >= 11 is 0. The molecule has 1 aliphatic heterocycles. The van der Waals surface area contributed by atoms with Crippen LogP contribution in [0.25, 0.3) is 0 Å². The van der Waals surface area contributed by atoms with Gasteiger partial charge in [0.25, 0.3) is 0 Å². The summed E-state index contributed by atoms with van der Waals surface area (Å²) in [5, 5.41) is 9.61. The molecule has 1 aromatic heterocycles. The van der Waals surface area contributed by atoms with Crippen LogP contribution < -0.4 is 4.74 Å². The monoisotopic (exact) mass is 431 g/mol. The van der Waals surface area contributed by atoms with Crippen LogP contribution >= 0.6 is 0 Å². The van der Waals surface area contributed by atoms with Gasteiger partial charge in [0.2, 0.25) is 0 Å². The standard InChI is InChI=1S/C27H33N3O2/c1-22-6-5-9-25(28-22)19-30-16-15-29(20-26(30)14-17-31)18-23-10-12-27(13-11-23)32-21-24-7-3-2-4-8-24/h2-13,26,31H,14-21H2,1H3/t26-/m1/s1. The zero-order chi connectivity index (χ0) is 22.2. The van der Waals surface area contributed by atoms with Crippen molar-refractivity contribution in [1.29, 1.82) is 0 Å². The van der Waals surface area contributed by atoms with E-state index in [0.29, 0.717) is 12.6 Å². The highest BCUT2D eigenvalue weighted by Crippen LogP contribution is 2.20. The van der Waals surface area contributed by atoms with Crippen molar-refractivity contribution in [3.63, 3.8) is 0 Å². The number of ether oxygens (including phenoxy) is 1. The van der Waals surface area contributed by atoms with Gasteiger partial charge in [0, 0.05) is 51.1 Å². The van der Waals surface area contributed by atoms with E-state index in [9.17, 15) is 5.11 Å². The topological polar surface area (TPSA) is 48.8 Å². The fourth-order valence-electron chi connectivity index (χ4n) is 4.32. The molecular formula is C27H33N3O2. The van der Waals surface area contributed by atoms with Crippen molar-refractivity contribution >= 4 is 0 Å². The average Bonchev–Trinajstić information content (AvgIpc) is 2.81. The van der Waals surface area contributed by atoms with Gasteiger partial charge in [-0.1, -0.05) is 48.5 Å². The van der Waals surface area contributed by atoms with Gasteiger partial charge in [-0.15, -0.1) is 0 Å². The van der Waals surface area contributed by atoms with Gasteiger partial charge in [0.1, 0.15) is 12.4 Å². The van der Waals surface area contributed by atoms with Gasteiger partial charge in [0.05, 0.1) is 5.69 Å². The summed E-state index contributed by atoms with van der Waals surface area (Å²) in [6.07, 6.45) is 0.786. The third kappa shape index (κ3) is 6.39. The summed E-state index contributed by atoms with van der Waals surface area (Å²) in [5.41, 5.74) is 4.61. The molecule has 0 radical (unpaired) electrons. The van der Waals surface area contributed by atoms with Crippen LogP contribution in [-0.2, 0) is 19.7 Å². The molecule has 3 aromatic rings. The third-order valence-electron chi connectivity index (χ3n) is 6.04. The normalized spacial score (nSPS) is 17.4. The van der Waals surface area contributed by atoms with E-state index >= 15 is 0 Å². The lowest BCUT2D eigenvalue weighted by Gasteiger charge is -2.41. The zero-order valence-corrected chi connectivity index (χ0v) is 18.9. The van der Waals surface area contributed by atoms with E-state index in [1.54, 1.807) is 0 Å². The summed E-state index contributed by atoms with van der Waals surface area (Å²) in [4.78, 5) is 9.62. The molecule has 0 unspecified atom stereocenters. The Morgan fingerprint density at radius 3 is 2.47 bits per heavy atom. The van der Waals surface area contributed by atoms with Crippen LogP contribution in [0.4, 0.5) is 0 Å². The molecule has 0 spiro atoms. The zero-order valence-electron chi connectivity index (χ0n) is 18.9. The van der Waals surface area contributed by atoms with Crippen LogP contribution in [0.15, 0.2) is 72.8 Å². The van der Waals surface area contributed by atoms with Crippen molar-refractivity contribution in [1.82, 2.24) is 14.8 Å². The number of rotatable bonds is 9. The molecule has 1 aliphatic rings. The number of aryl methyl sites for hydroxylation is 1. The van der Waals surface area contributed by atoms with E-state index < -0.39 is 0 Å². The molecule has 1 fully saturated rings. The van der Waals surface area contributed by atoms with Gasteiger partial charge >= 0.3 is 0 Å². The third-order valence-corrected chi connectivity index (χ3v) is 6.04. The number of pyridine rings is 1. The number of hydrogen-bond acceptors (Lipinski definition) is 5. The van der Waals surface area contributed by atoms with Gasteiger partial charge in [-0.25, -0.2) is 0 Å². The van der Waals surface area contributed by atoms with Crippen LogP contribution in [0.2, 0.25) is 0 Å². The summed E-state index contributed by atoms with van der Waals surface area (Å²) in [6, 6.07) is 25.2. The minimum absolute atomic E-state index is 0.212. The molecule has 32 heavy (non-hydrogen) atoms. The Hall–Kier alpha value is -2.73. The molecule has 0 aliphatic carbocycles. The first-order valence-electron chi connectivity index (χ1n) is 11.4. The Labute approximate surface area is 191 Å². The number of nitrogens with zero attached hydrogens (tertiary/aromatic N) is 3. The van der Waals surface area contributed by atoms with Gasteiger partial charge in [-0.2, -0.15) is 0 Å². The number of aromatic nitrogens is 1. The average molecular weight is 432 g/mol. The highest BCUT2D eigenvalue weighted by atomic mass is 16.5. The lowest BCUT2D eigenvalue weighted by atomic mass is 10.1. The Kier molecular flexibility index (Phi) is 7.88. The molecule has 2 heterocycles. The van der Waals surface area contributed by atoms with E-state index in [2.05, 4.69) is 63.3 Å². The molecule has 1 atom stereocenters. The highest BCUT2D eigenvalue weighted by molar-refractivity contribution is 5.28. The SMILES string of the molecule is Cc1cccc(CN2CCN(Cc3ccc(OCc4ccccc4)cc3)C[C@H]2CCO)n1. The van der Waals surface area contributed by atoms with Crippen molar-refractivity contribution in [2.75, 3.05) is 26.2 Å². The predicted molar refractivity (Wildman–Crippen MR) is 127 cm³/mol. The van der Waals surface area contributed by atoms with Gasteiger partial charge in [-0.05, 0) is 48.7 Å². The minimum Gasteiger partial charge on any atom is -0.489 e. The Morgan fingerprint density at radius 2 is 1.72 bits per heavy atom. The van der Waals surface area contributed by atoms with Crippen molar-refractivity contribution in [3.8, 4) is 5.75 Å².